The molecule has 1 aliphatic carbocycles. The van der Waals surface area contributed by atoms with Gasteiger partial charge in [0.25, 0.3) is 0 Å². The highest BCUT2D eigenvalue weighted by Gasteiger charge is 2.25. The van der Waals surface area contributed by atoms with Gasteiger partial charge in [-0.3, -0.25) is 4.79 Å². The molecule has 5 heteroatoms. The highest BCUT2D eigenvalue weighted by atomic mass is 16.4. The van der Waals surface area contributed by atoms with Gasteiger partial charge in [-0.25, -0.2) is 4.79 Å². The Morgan fingerprint density at radius 1 is 1.22 bits per heavy atom. The minimum atomic E-state index is -0.741. The first-order valence-electron chi connectivity index (χ1n) is 6.57. The predicted molar refractivity (Wildman–Crippen MR) is 67.2 cm³/mol. The molecule has 0 saturated carbocycles. The van der Waals surface area contributed by atoms with Crippen molar-refractivity contribution < 1.29 is 14.7 Å². The molecular weight excluding hydrogens is 232 g/mol. The average Bonchev–Trinajstić information content (AvgIpc) is 2.82. The maximum Gasteiger partial charge on any atom is 0.317 e. The quantitative estimate of drug-likeness (QED) is 0.750. The zero-order chi connectivity index (χ0) is 13.0. The average molecular weight is 252 g/mol. The summed E-state index contributed by atoms with van der Waals surface area (Å²) in [6.45, 7) is 1.34. The lowest BCUT2D eigenvalue weighted by molar-refractivity contribution is -0.138. The Labute approximate surface area is 107 Å². The van der Waals surface area contributed by atoms with Crippen molar-refractivity contribution in [3.8, 4) is 0 Å². The van der Waals surface area contributed by atoms with Crippen molar-refractivity contribution >= 4 is 12.0 Å². The zero-order valence-corrected chi connectivity index (χ0v) is 10.5. The summed E-state index contributed by atoms with van der Waals surface area (Å²) in [5, 5.41) is 11.7. The Bertz CT molecular complexity index is 338. The van der Waals surface area contributed by atoms with E-state index in [-0.39, 0.29) is 24.4 Å². The summed E-state index contributed by atoms with van der Waals surface area (Å²) in [4.78, 5) is 24.4. The smallest absolute Gasteiger partial charge is 0.317 e. The van der Waals surface area contributed by atoms with E-state index < -0.39 is 5.97 Å². The van der Waals surface area contributed by atoms with Crippen LogP contribution in [0.15, 0.2) is 12.2 Å². The van der Waals surface area contributed by atoms with Gasteiger partial charge in [0.1, 0.15) is 0 Å². The van der Waals surface area contributed by atoms with E-state index in [4.69, 9.17) is 5.11 Å². The number of hydrogen-bond donors (Lipinski definition) is 2. The van der Waals surface area contributed by atoms with Crippen molar-refractivity contribution in [1.29, 1.82) is 0 Å². The minimum absolute atomic E-state index is 0.00234. The van der Waals surface area contributed by atoms with Gasteiger partial charge in [0, 0.05) is 25.6 Å². The molecule has 1 fully saturated rings. The van der Waals surface area contributed by atoms with E-state index in [1.807, 2.05) is 0 Å². The summed E-state index contributed by atoms with van der Waals surface area (Å²) in [7, 11) is 0. The summed E-state index contributed by atoms with van der Waals surface area (Å²) < 4.78 is 0. The molecule has 1 heterocycles. The predicted octanol–water partition coefficient (Wildman–Crippen LogP) is 1.60. The normalized spacial score (nSPS) is 21.2. The van der Waals surface area contributed by atoms with E-state index in [1.54, 1.807) is 4.90 Å². The van der Waals surface area contributed by atoms with E-state index in [2.05, 4.69) is 17.5 Å². The number of carboxylic acids is 1. The number of aliphatic carboxylic acids is 1. The topological polar surface area (TPSA) is 69.6 Å². The molecule has 0 atom stereocenters. The van der Waals surface area contributed by atoms with E-state index in [9.17, 15) is 9.59 Å². The number of nitrogens with one attached hydrogen (secondary N) is 1. The van der Waals surface area contributed by atoms with E-state index in [1.165, 1.54) is 0 Å². The standard InChI is InChI=1S/C13H20N2O3/c16-12(17)9-10-5-7-15(8-6-10)13(18)14-11-3-1-2-4-11/h1-2,10-11H,3-9H2,(H,14,18)(H,16,17). The molecule has 1 saturated heterocycles. The van der Waals surface area contributed by atoms with Crippen LogP contribution in [-0.2, 0) is 4.79 Å². The summed E-state index contributed by atoms with van der Waals surface area (Å²) in [6, 6.07) is 0.242. The first-order chi connectivity index (χ1) is 8.65. The summed E-state index contributed by atoms with van der Waals surface area (Å²) in [5.41, 5.74) is 0. The molecule has 0 aromatic carbocycles. The molecule has 5 nitrogen and oxygen atoms in total. The summed E-state index contributed by atoms with van der Waals surface area (Å²) >= 11 is 0. The summed E-state index contributed by atoms with van der Waals surface area (Å²) in [6.07, 6.45) is 7.82. The van der Waals surface area contributed by atoms with Crippen molar-refractivity contribution in [3.63, 3.8) is 0 Å². The lowest BCUT2D eigenvalue weighted by Gasteiger charge is -2.32. The second-order valence-corrected chi connectivity index (χ2v) is 5.12. The molecule has 0 spiro atoms. The number of carbonyl (C=O) groups is 2. The molecular formula is C13H20N2O3. The summed E-state index contributed by atoms with van der Waals surface area (Å²) in [5.74, 6) is -0.519. The number of carbonyl (C=O) groups excluding carboxylic acids is 1. The number of hydrogen-bond acceptors (Lipinski definition) is 2. The molecule has 1 aliphatic heterocycles. The van der Waals surface area contributed by atoms with Crippen LogP contribution in [0.5, 0.6) is 0 Å². The lowest BCUT2D eigenvalue weighted by Crippen LogP contribution is -2.47. The van der Waals surface area contributed by atoms with Gasteiger partial charge in [-0.1, -0.05) is 12.2 Å². The van der Waals surface area contributed by atoms with Crippen LogP contribution in [0.25, 0.3) is 0 Å². The zero-order valence-electron chi connectivity index (χ0n) is 10.5. The van der Waals surface area contributed by atoms with E-state index >= 15 is 0 Å². The van der Waals surface area contributed by atoms with Gasteiger partial charge in [0.15, 0.2) is 0 Å². The van der Waals surface area contributed by atoms with Crippen molar-refractivity contribution in [3.05, 3.63) is 12.2 Å². The fourth-order valence-electron chi connectivity index (χ4n) is 2.59. The molecule has 100 valence electrons. The van der Waals surface area contributed by atoms with Crippen LogP contribution in [-0.4, -0.2) is 41.1 Å². The maximum absolute atomic E-state index is 12.0. The Kier molecular flexibility index (Phi) is 4.23. The van der Waals surface area contributed by atoms with Crippen LogP contribution in [0.1, 0.15) is 32.1 Å². The van der Waals surface area contributed by atoms with Crippen molar-refractivity contribution in [1.82, 2.24) is 10.2 Å². The van der Waals surface area contributed by atoms with Gasteiger partial charge >= 0.3 is 12.0 Å². The molecule has 0 bridgehead atoms. The third kappa shape index (κ3) is 3.48. The highest BCUT2D eigenvalue weighted by molar-refractivity contribution is 5.74. The molecule has 2 N–H and O–H groups in total. The van der Waals surface area contributed by atoms with Gasteiger partial charge in [0.2, 0.25) is 0 Å². The largest absolute Gasteiger partial charge is 0.481 e. The number of nitrogens with zero attached hydrogens (tertiary/aromatic N) is 1. The molecule has 18 heavy (non-hydrogen) atoms. The molecule has 0 unspecified atom stereocenters. The van der Waals surface area contributed by atoms with Crippen LogP contribution in [0.2, 0.25) is 0 Å². The molecule has 0 radical (unpaired) electrons. The van der Waals surface area contributed by atoms with Gasteiger partial charge in [-0.15, -0.1) is 0 Å². The maximum atomic E-state index is 12.0. The minimum Gasteiger partial charge on any atom is -0.481 e. The second kappa shape index (κ2) is 5.89. The van der Waals surface area contributed by atoms with E-state index in [0.717, 1.165) is 25.7 Å². The van der Waals surface area contributed by atoms with Crippen molar-refractivity contribution in [2.75, 3.05) is 13.1 Å². The molecule has 0 aromatic rings. The fourth-order valence-corrected chi connectivity index (χ4v) is 2.59. The van der Waals surface area contributed by atoms with E-state index in [0.29, 0.717) is 13.1 Å². The van der Waals surface area contributed by atoms with Crippen LogP contribution in [0.4, 0.5) is 4.79 Å². The van der Waals surface area contributed by atoms with Crippen molar-refractivity contribution in [2.24, 2.45) is 5.92 Å². The van der Waals surface area contributed by atoms with Gasteiger partial charge in [-0.05, 0) is 31.6 Å². The number of amides is 2. The molecule has 2 amide bonds. The third-order valence-electron chi connectivity index (χ3n) is 3.70. The number of rotatable bonds is 3. The van der Waals surface area contributed by atoms with Gasteiger partial charge < -0.3 is 15.3 Å². The molecule has 2 rings (SSSR count). The Balaban J connectivity index is 1.71. The van der Waals surface area contributed by atoms with Crippen molar-refractivity contribution in [2.45, 2.75) is 38.1 Å². The first kappa shape index (κ1) is 12.9. The number of piperidine rings is 1. The number of carboxylic acid groups (broad SMARTS) is 1. The Morgan fingerprint density at radius 2 is 1.83 bits per heavy atom. The molecule has 0 aromatic heterocycles. The van der Waals surface area contributed by atoms with Crippen LogP contribution in [0, 0.1) is 5.92 Å². The Hall–Kier alpha value is -1.52. The third-order valence-corrected chi connectivity index (χ3v) is 3.70. The fraction of sp³-hybridized carbons (Fsp3) is 0.692. The van der Waals surface area contributed by atoms with Gasteiger partial charge in [-0.2, -0.15) is 0 Å². The van der Waals surface area contributed by atoms with Gasteiger partial charge in [0.05, 0.1) is 0 Å². The Morgan fingerprint density at radius 3 is 2.39 bits per heavy atom. The second-order valence-electron chi connectivity index (χ2n) is 5.12. The number of urea groups is 1. The lowest BCUT2D eigenvalue weighted by atomic mass is 9.94. The monoisotopic (exact) mass is 252 g/mol. The highest BCUT2D eigenvalue weighted by Crippen LogP contribution is 2.20. The van der Waals surface area contributed by atoms with Crippen LogP contribution >= 0.6 is 0 Å². The number of likely N-dealkylation sites (tertiary alicyclic amines) is 1. The van der Waals surface area contributed by atoms with Crippen LogP contribution in [0.3, 0.4) is 0 Å². The molecule has 2 aliphatic rings. The SMILES string of the molecule is O=C(O)CC1CCN(C(=O)NC2CC=CC2)CC1. The van der Waals surface area contributed by atoms with Crippen LogP contribution < -0.4 is 5.32 Å². The first-order valence-corrected chi connectivity index (χ1v) is 6.57.